The van der Waals surface area contributed by atoms with Crippen LogP contribution in [0.25, 0.3) is 6.08 Å². The molecule has 1 aromatic rings. The first-order valence-electron chi connectivity index (χ1n) is 13.4. The zero-order valence-electron chi connectivity index (χ0n) is 23.4. The number of aliphatic hydroxyl groups excluding tert-OH is 1. The molecule has 8 nitrogen and oxygen atoms in total. The summed E-state index contributed by atoms with van der Waals surface area (Å²) in [5, 5.41) is 17.5. The number of hydrogen-bond donors (Lipinski definition) is 1. The number of hydrogen-bond acceptors (Lipinski definition) is 7. The second-order valence-electron chi connectivity index (χ2n) is 9.27. The smallest absolute Gasteiger partial charge is 0.337 e. The maximum Gasteiger partial charge on any atom is 0.337 e. The van der Waals surface area contributed by atoms with E-state index in [2.05, 4.69) is 13.5 Å². The zero-order valence-corrected chi connectivity index (χ0v) is 23.4. The zero-order chi connectivity index (χ0) is 28.7. The number of nitro groups is 1. The Bertz CT molecular complexity index is 981. The number of cyclic esters (lactones) is 1. The standard InChI is InChI=1S/C15H13NO6.C12H20.C2H6.CH4O/c1-2-12-13(9-21-15(12)18)22-14(17)8-5-10-3-6-11(7-4-10)16(19)20;1-9-6-7-12-10(2)4-3-5-11(12)8-9;2*1-2/h2-8,13H,9H2,1H3;10-12H,1,3-8H2,2H3;1-2H3;2H,1H3/b8-5+,12-2+;;;. The summed E-state index contributed by atoms with van der Waals surface area (Å²) in [5.74, 6) is 1.94. The van der Waals surface area contributed by atoms with Crippen LogP contribution in [0.5, 0.6) is 0 Å². The lowest BCUT2D eigenvalue weighted by Gasteiger charge is -2.40. The lowest BCUT2D eigenvalue weighted by molar-refractivity contribution is -0.384. The molecule has 2 aliphatic carbocycles. The Hall–Kier alpha value is -3.26. The molecule has 0 spiro atoms. The van der Waals surface area contributed by atoms with E-state index in [0.29, 0.717) is 11.1 Å². The minimum atomic E-state index is -0.702. The number of carbonyl (C=O) groups excluding carboxylic acids is 2. The first kappa shape index (κ1) is 32.8. The Labute approximate surface area is 226 Å². The summed E-state index contributed by atoms with van der Waals surface area (Å²) in [4.78, 5) is 33.0. The van der Waals surface area contributed by atoms with Crippen molar-refractivity contribution in [1.29, 1.82) is 0 Å². The number of ether oxygens (including phenoxy) is 2. The van der Waals surface area contributed by atoms with Crippen molar-refractivity contribution < 1.29 is 29.1 Å². The molecule has 2 saturated carbocycles. The highest BCUT2D eigenvalue weighted by molar-refractivity contribution is 5.93. The largest absolute Gasteiger partial charge is 0.458 e. The predicted octanol–water partition coefficient (Wildman–Crippen LogP) is 6.44. The van der Waals surface area contributed by atoms with Crippen molar-refractivity contribution in [3.8, 4) is 0 Å². The molecule has 1 aliphatic heterocycles. The molecule has 0 aromatic heterocycles. The van der Waals surface area contributed by atoms with E-state index in [0.717, 1.165) is 24.9 Å². The molecule has 1 saturated heterocycles. The van der Waals surface area contributed by atoms with Crippen molar-refractivity contribution >= 4 is 23.7 Å². The van der Waals surface area contributed by atoms with Crippen molar-refractivity contribution in [3.05, 3.63) is 69.8 Å². The number of nitrogens with zero attached hydrogens (tertiary/aromatic N) is 1. The van der Waals surface area contributed by atoms with Gasteiger partial charge in [0.2, 0.25) is 0 Å². The number of nitro benzene ring substituents is 1. The van der Waals surface area contributed by atoms with Crippen LogP contribution in [0.4, 0.5) is 5.69 Å². The quantitative estimate of drug-likeness (QED) is 0.157. The summed E-state index contributed by atoms with van der Waals surface area (Å²) in [6.45, 7) is 12.3. The van der Waals surface area contributed by atoms with Gasteiger partial charge in [-0.25, -0.2) is 9.59 Å². The van der Waals surface area contributed by atoms with Gasteiger partial charge in [0.1, 0.15) is 6.61 Å². The Balaban J connectivity index is 0.000000379. The Morgan fingerprint density at radius 3 is 2.45 bits per heavy atom. The van der Waals surface area contributed by atoms with E-state index < -0.39 is 23.0 Å². The van der Waals surface area contributed by atoms with E-state index in [1.54, 1.807) is 13.0 Å². The minimum absolute atomic E-state index is 0.00954. The number of esters is 2. The molecule has 4 unspecified atom stereocenters. The van der Waals surface area contributed by atoms with Gasteiger partial charge in [-0.05, 0) is 74.1 Å². The van der Waals surface area contributed by atoms with Crippen molar-refractivity contribution in [2.24, 2.45) is 17.8 Å². The third-order valence-corrected chi connectivity index (χ3v) is 6.99. The molecular formula is C30H43NO7. The van der Waals surface area contributed by atoms with Gasteiger partial charge >= 0.3 is 11.9 Å². The fourth-order valence-corrected chi connectivity index (χ4v) is 5.12. The maximum absolute atomic E-state index is 11.7. The van der Waals surface area contributed by atoms with Crippen LogP contribution in [0, 0.1) is 27.9 Å². The first-order chi connectivity index (χ1) is 18.3. The number of fused-ring (bicyclic) bond motifs is 1. The van der Waals surface area contributed by atoms with Gasteiger partial charge in [-0.2, -0.15) is 0 Å². The van der Waals surface area contributed by atoms with Crippen molar-refractivity contribution in [1.82, 2.24) is 0 Å². The highest BCUT2D eigenvalue weighted by Gasteiger charge is 2.33. The molecule has 3 fully saturated rings. The minimum Gasteiger partial charge on any atom is -0.458 e. The summed E-state index contributed by atoms with van der Waals surface area (Å²) in [7, 11) is 1.00. The molecule has 3 aliphatic rings. The van der Waals surface area contributed by atoms with Gasteiger partial charge in [-0.15, -0.1) is 0 Å². The Morgan fingerprint density at radius 1 is 1.18 bits per heavy atom. The van der Waals surface area contributed by atoms with E-state index >= 15 is 0 Å². The van der Waals surface area contributed by atoms with E-state index in [-0.39, 0.29) is 12.3 Å². The third kappa shape index (κ3) is 9.89. The lowest BCUT2D eigenvalue weighted by Crippen LogP contribution is -2.29. The topological polar surface area (TPSA) is 116 Å². The van der Waals surface area contributed by atoms with Crippen LogP contribution in [0.1, 0.15) is 71.8 Å². The molecule has 0 amide bonds. The molecule has 4 atom stereocenters. The molecule has 210 valence electrons. The molecule has 1 heterocycles. The van der Waals surface area contributed by atoms with E-state index in [1.807, 2.05) is 13.8 Å². The van der Waals surface area contributed by atoms with E-state index in [1.165, 1.54) is 80.5 Å². The molecule has 0 bridgehead atoms. The molecule has 0 radical (unpaired) electrons. The normalized spacial score (nSPS) is 24.9. The highest BCUT2D eigenvalue weighted by atomic mass is 16.6. The number of benzene rings is 1. The van der Waals surface area contributed by atoms with Gasteiger partial charge < -0.3 is 14.6 Å². The molecule has 38 heavy (non-hydrogen) atoms. The highest BCUT2D eigenvalue weighted by Crippen LogP contribution is 2.44. The summed E-state index contributed by atoms with van der Waals surface area (Å²) >= 11 is 0. The van der Waals surface area contributed by atoms with Crippen LogP contribution in [0.3, 0.4) is 0 Å². The fraction of sp³-hybridized carbons (Fsp3) is 0.533. The number of non-ortho nitro benzene ring substituents is 1. The summed E-state index contributed by atoms with van der Waals surface area (Å²) in [6, 6.07) is 5.71. The van der Waals surface area contributed by atoms with Crippen LogP contribution in [-0.4, -0.2) is 41.8 Å². The molecule has 8 heteroatoms. The lowest BCUT2D eigenvalue weighted by atomic mass is 9.65. The second kappa shape index (κ2) is 17.3. The van der Waals surface area contributed by atoms with E-state index in [4.69, 9.17) is 14.6 Å². The van der Waals surface area contributed by atoms with Crippen LogP contribution in [0.2, 0.25) is 0 Å². The monoisotopic (exact) mass is 529 g/mol. The maximum atomic E-state index is 11.7. The van der Waals surface area contributed by atoms with Gasteiger partial charge in [0, 0.05) is 25.3 Å². The van der Waals surface area contributed by atoms with Gasteiger partial charge in [-0.1, -0.05) is 51.8 Å². The van der Waals surface area contributed by atoms with Gasteiger partial charge in [0.25, 0.3) is 5.69 Å². The molecular weight excluding hydrogens is 486 g/mol. The van der Waals surface area contributed by atoms with Crippen LogP contribution in [0.15, 0.2) is 54.1 Å². The average Bonchev–Trinajstić information content (AvgIpc) is 3.28. The SMILES string of the molecule is C/C=C1/C(=O)OCC1OC(=O)/C=C/c1ccc([N+](=O)[O-])cc1.C=C1CCC2C(C)CCCC2C1.CC.CO. The Morgan fingerprint density at radius 2 is 1.84 bits per heavy atom. The van der Waals surface area contributed by atoms with E-state index in [9.17, 15) is 19.7 Å². The van der Waals surface area contributed by atoms with Crippen LogP contribution < -0.4 is 0 Å². The Kier molecular flexibility index (Phi) is 14.9. The molecule has 1 aromatic carbocycles. The molecule has 4 rings (SSSR count). The number of carbonyl (C=O) groups is 2. The van der Waals surface area contributed by atoms with Crippen LogP contribution >= 0.6 is 0 Å². The number of aliphatic hydroxyl groups is 1. The van der Waals surface area contributed by atoms with Crippen molar-refractivity contribution in [2.75, 3.05) is 13.7 Å². The van der Waals surface area contributed by atoms with Crippen molar-refractivity contribution in [3.63, 3.8) is 0 Å². The molecule has 1 N–H and O–H groups in total. The predicted molar refractivity (Wildman–Crippen MR) is 149 cm³/mol. The number of allylic oxidation sites excluding steroid dienone is 2. The first-order valence-corrected chi connectivity index (χ1v) is 13.4. The number of rotatable bonds is 4. The average molecular weight is 530 g/mol. The summed E-state index contributed by atoms with van der Waals surface area (Å²) in [6.07, 6.45) is 12.0. The van der Waals surface area contributed by atoms with Gasteiger partial charge in [0.05, 0.1) is 10.5 Å². The second-order valence-corrected chi connectivity index (χ2v) is 9.27. The van der Waals surface area contributed by atoms with Gasteiger partial charge in [0.15, 0.2) is 6.10 Å². The van der Waals surface area contributed by atoms with Crippen molar-refractivity contribution in [2.45, 2.75) is 72.3 Å². The van der Waals surface area contributed by atoms with Gasteiger partial charge in [-0.3, -0.25) is 10.1 Å². The summed E-state index contributed by atoms with van der Waals surface area (Å²) in [5.41, 5.74) is 2.43. The summed E-state index contributed by atoms with van der Waals surface area (Å²) < 4.78 is 9.92. The van der Waals surface area contributed by atoms with Crippen LogP contribution in [-0.2, 0) is 19.1 Å². The third-order valence-electron chi connectivity index (χ3n) is 6.99. The fourth-order valence-electron chi connectivity index (χ4n) is 5.12.